The van der Waals surface area contributed by atoms with E-state index in [0.29, 0.717) is 35.0 Å². The molecule has 0 aliphatic rings. The summed E-state index contributed by atoms with van der Waals surface area (Å²) in [5, 5.41) is 9.45. The number of nitrogens with one attached hydrogen (secondary N) is 2. The van der Waals surface area contributed by atoms with Crippen LogP contribution in [0, 0.1) is 0 Å². The topological polar surface area (TPSA) is 198 Å². The number of pyridine rings is 4. The zero-order chi connectivity index (χ0) is 37.8. The van der Waals surface area contributed by atoms with Crippen LogP contribution in [0.15, 0.2) is 61.4 Å². The first-order chi connectivity index (χ1) is 24.6. The molecular weight excluding hydrogens is 670 g/mol. The Morgan fingerprint density at radius 1 is 0.577 bits per heavy atom. The number of nitrogens with zero attached hydrogens (tertiary/aromatic N) is 8. The van der Waals surface area contributed by atoms with Gasteiger partial charge in [0.15, 0.2) is 23.0 Å². The lowest BCUT2D eigenvalue weighted by Crippen LogP contribution is -2.14. The summed E-state index contributed by atoms with van der Waals surface area (Å²) in [5.74, 6) is 3.17. The molecule has 52 heavy (non-hydrogen) atoms. The number of halogens is 2. The summed E-state index contributed by atoms with van der Waals surface area (Å²) in [5.41, 5.74) is 10.6. The normalized spacial score (nSPS) is 12.8. The number of rotatable bonds is 10. The molecule has 0 spiro atoms. The summed E-state index contributed by atoms with van der Waals surface area (Å²) in [6.45, 7) is 9.42. The summed E-state index contributed by atoms with van der Waals surface area (Å²) in [6.07, 6.45) is 9.74. The zero-order valence-electron chi connectivity index (χ0n) is 30.2. The number of ether oxygens (including phenoxy) is 2. The fourth-order valence-corrected chi connectivity index (χ4v) is 5.14. The van der Waals surface area contributed by atoms with Crippen molar-refractivity contribution in [1.29, 1.82) is 0 Å². The molecule has 0 aromatic carbocycles. The number of methoxy groups -OCH3 is 2. The molecule has 0 saturated carbocycles. The number of hydrogen-bond donors (Lipinski definition) is 4. The highest BCUT2D eigenvalue weighted by molar-refractivity contribution is 5.92. The van der Waals surface area contributed by atoms with Crippen LogP contribution in [0.5, 0.6) is 11.8 Å². The molecule has 0 fully saturated rings. The van der Waals surface area contributed by atoms with Gasteiger partial charge in [-0.2, -0.15) is 0 Å². The summed E-state index contributed by atoms with van der Waals surface area (Å²) in [4.78, 5) is 33.7. The van der Waals surface area contributed by atoms with Crippen LogP contribution < -0.4 is 31.6 Å². The van der Waals surface area contributed by atoms with Crippen LogP contribution in [0.1, 0.15) is 76.4 Å². The smallest absolute Gasteiger partial charge is 0.222 e. The first kappa shape index (κ1) is 37.5. The van der Waals surface area contributed by atoms with Crippen molar-refractivity contribution in [3.63, 3.8) is 0 Å². The van der Waals surface area contributed by atoms with Gasteiger partial charge in [0.05, 0.1) is 25.0 Å². The molecule has 2 atom stereocenters. The maximum atomic E-state index is 14.1. The second kappa shape index (κ2) is 15.2. The summed E-state index contributed by atoms with van der Waals surface area (Å²) >= 11 is 0. The van der Waals surface area contributed by atoms with E-state index in [2.05, 4.69) is 50.5 Å². The van der Waals surface area contributed by atoms with Gasteiger partial charge in [0.1, 0.15) is 23.3 Å². The second-order valence-electron chi connectivity index (χ2n) is 13.0. The van der Waals surface area contributed by atoms with Gasteiger partial charge in [0.2, 0.25) is 11.8 Å². The van der Waals surface area contributed by atoms with E-state index in [1.807, 2.05) is 26.0 Å². The highest BCUT2D eigenvalue weighted by Gasteiger charge is 2.24. The van der Waals surface area contributed by atoms with Gasteiger partial charge in [-0.3, -0.25) is 0 Å². The first-order valence-corrected chi connectivity index (χ1v) is 16.3. The number of alkyl halides is 2. The summed E-state index contributed by atoms with van der Waals surface area (Å²) in [6, 6.07) is 6.59. The lowest BCUT2D eigenvalue weighted by molar-refractivity contribution is 0.206. The Hall–Kier alpha value is -5.74. The zero-order valence-corrected chi connectivity index (χ0v) is 30.2. The average molecular weight is 713 g/mol. The van der Waals surface area contributed by atoms with Crippen LogP contribution in [0.3, 0.4) is 0 Å². The molecule has 14 nitrogen and oxygen atoms in total. The number of anilines is 4. The Morgan fingerprint density at radius 3 is 1.29 bits per heavy atom. The Morgan fingerprint density at radius 2 is 0.962 bits per heavy atom. The van der Waals surface area contributed by atoms with Gasteiger partial charge in [-0.1, -0.05) is 0 Å². The minimum atomic E-state index is -1.63. The van der Waals surface area contributed by atoms with Crippen LogP contribution in [0.25, 0.3) is 21.5 Å². The second-order valence-corrected chi connectivity index (χ2v) is 13.0. The Labute approximate surface area is 299 Å². The molecule has 0 bridgehead atoms. The van der Waals surface area contributed by atoms with Crippen LogP contribution in [-0.2, 0) is 11.3 Å². The van der Waals surface area contributed by atoms with Crippen molar-refractivity contribution in [3.8, 4) is 11.8 Å². The van der Waals surface area contributed by atoms with Gasteiger partial charge >= 0.3 is 0 Å². The van der Waals surface area contributed by atoms with Crippen molar-refractivity contribution in [1.82, 2.24) is 39.9 Å². The Bertz CT molecular complexity index is 2030. The molecule has 0 aliphatic carbocycles. The lowest BCUT2D eigenvalue weighted by atomic mass is 10.0. The van der Waals surface area contributed by atoms with Crippen LogP contribution in [0.4, 0.5) is 32.1 Å². The van der Waals surface area contributed by atoms with E-state index in [1.54, 1.807) is 51.1 Å². The highest BCUT2D eigenvalue weighted by atomic mass is 19.1. The van der Waals surface area contributed by atoms with Gasteiger partial charge in [-0.25, -0.2) is 48.7 Å². The minimum Gasteiger partial charge on any atom is -0.481 e. The first-order valence-electron chi connectivity index (χ1n) is 16.3. The number of fused-ring (bicyclic) bond motifs is 2. The van der Waals surface area contributed by atoms with E-state index >= 15 is 0 Å². The molecule has 0 saturated heterocycles. The van der Waals surface area contributed by atoms with E-state index in [1.165, 1.54) is 40.1 Å². The highest BCUT2D eigenvalue weighted by Crippen LogP contribution is 2.32. The molecule has 6 aromatic rings. The largest absolute Gasteiger partial charge is 0.481 e. The van der Waals surface area contributed by atoms with Crippen LogP contribution >= 0.6 is 0 Å². The molecule has 6 aromatic heterocycles. The third kappa shape index (κ3) is 8.58. The molecular formula is C36H42F2N12O2. The molecule has 0 radical (unpaired) electrons. The third-order valence-electron chi connectivity index (χ3n) is 7.79. The predicted molar refractivity (Wildman–Crippen MR) is 196 cm³/mol. The quantitative estimate of drug-likeness (QED) is 0.116. The van der Waals surface area contributed by atoms with Gasteiger partial charge in [-0.15, -0.1) is 0 Å². The van der Waals surface area contributed by atoms with Crippen LogP contribution in [0.2, 0.25) is 0 Å². The van der Waals surface area contributed by atoms with E-state index in [-0.39, 0.29) is 23.7 Å². The van der Waals surface area contributed by atoms with Gasteiger partial charge < -0.3 is 31.6 Å². The van der Waals surface area contributed by atoms with Crippen molar-refractivity contribution >= 4 is 44.8 Å². The standard InChI is InChI=1S/2C18H21FN6O/c2*1-10(20)12-8-23-16(26-4)13-9-22-15(7-11(12)13)24-14-5-6-21-17(25-14)18(2,3)19/h2*5-10H,20H2,1-4H3,(H,21,22,24,25)/t2*10-/m10/s1. The fraction of sp³-hybridized carbons (Fsp3) is 0.333. The van der Waals surface area contributed by atoms with Crippen molar-refractivity contribution in [2.45, 2.75) is 65.0 Å². The number of aromatic nitrogens is 8. The number of nitrogens with two attached hydrogens (primary N) is 2. The van der Waals surface area contributed by atoms with Gasteiger partial charge in [0, 0.05) is 49.3 Å². The fourth-order valence-electron chi connectivity index (χ4n) is 5.14. The SMILES string of the molecule is COc1ncc([C@@H](C)N)c2cc(Nc3ccnc(C(C)(C)F)n3)ncc12.COc1ncc([C@H](C)N)c2cc(Nc3ccnc(C(C)(C)F)n3)ncc12. The maximum absolute atomic E-state index is 14.1. The monoisotopic (exact) mass is 712 g/mol. The molecule has 0 amide bonds. The molecule has 16 heteroatoms. The predicted octanol–water partition coefficient (Wildman–Crippen LogP) is 6.79. The number of hydrogen-bond acceptors (Lipinski definition) is 14. The minimum absolute atomic E-state index is 0.102. The molecule has 6 rings (SSSR count). The molecule has 272 valence electrons. The van der Waals surface area contributed by atoms with Gasteiger partial charge in [-0.05, 0) is 87.7 Å². The molecule has 0 unspecified atom stereocenters. The molecule has 6 N–H and O–H groups in total. The molecule has 6 heterocycles. The van der Waals surface area contributed by atoms with Crippen LogP contribution in [-0.4, -0.2) is 54.1 Å². The van der Waals surface area contributed by atoms with Gasteiger partial charge in [0.25, 0.3) is 0 Å². The van der Waals surface area contributed by atoms with Crippen molar-refractivity contribution in [3.05, 3.63) is 84.2 Å². The van der Waals surface area contributed by atoms with Crippen molar-refractivity contribution in [2.75, 3.05) is 24.9 Å². The van der Waals surface area contributed by atoms with E-state index in [0.717, 1.165) is 32.7 Å². The lowest BCUT2D eigenvalue weighted by Gasteiger charge is -2.15. The van der Waals surface area contributed by atoms with E-state index in [4.69, 9.17) is 20.9 Å². The van der Waals surface area contributed by atoms with E-state index in [9.17, 15) is 8.78 Å². The maximum Gasteiger partial charge on any atom is 0.222 e. The Kier molecular flexibility index (Phi) is 11.0. The Balaban J connectivity index is 0.000000201. The summed E-state index contributed by atoms with van der Waals surface area (Å²) in [7, 11) is 3.11. The average Bonchev–Trinajstić information content (AvgIpc) is 3.10. The summed E-state index contributed by atoms with van der Waals surface area (Å²) < 4.78 is 38.7. The third-order valence-corrected chi connectivity index (χ3v) is 7.79. The van der Waals surface area contributed by atoms with Crippen molar-refractivity contribution < 1.29 is 18.3 Å². The molecule has 0 aliphatic heterocycles. The van der Waals surface area contributed by atoms with E-state index < -0.39 is 11.3 Å². The van der Waals surface area contributed by atoms with Crippen molar-refractivity contribution in [2.24, 2.45) is 11.5 Å².